The van der Waals surface area contributed by atoms with E-state index < -0.39 is 44.1 Å². The number of carbonyl (C=O) groups is 2. The first kappa shape index (κ1) is 60.6. The Labute approximate surface area is 490 Å². The van der Waals surface area contributed by atoms with Crippen LogP contribution in [0.2, 0.25) is 0 Å². The Hall–Kier alpha value is -8.00. The molecule has 4 aromatic heterocycles. The van der Waals surface area contributed by atoms with E-state index in [1.165, 1.54) is 6.33 Å². The minimum absolute atomic E-state index is 0.0265. The van der Waals surface area contributed by atoms with Crippen molar-refractivity contribution < 1.29 is 47.1 Å². The lowest BCUT2D eigenvalue weighted by molar-refractivity contribution is -0.157. The number of fused-ring (bicyclic) bond motifs is 1. The number of carbonyl (C=O) groups excluding carboxylic acids is 2. The summed E-state index contributed by atoms with van der Waals surface area (Å²) in [6.45, 7) is 21.9. The Morgan fingerprint density at radius 2 is 1.49 bits per heavy atom. The second kappa shape index (κ2) is 27.6. The molecular formula is C61H71N12O10P. The third-order valence-corrected chi connectivity index (χ3v) is 16.2. The predicted octanol–water partition coefficient (Wildman–Crippen LogP) is 9.83. The summed E-state index contributed by atoms with van der Waals surface area (Å²) >= 11 is 0. The van der Waals surface area contributed by atoms with Crippen molar-refractivity contribution in [2.24, 2.45) is 5.41 Å². The molecule has 0 aliphatic carbocycles. The largest absolute Gasteiger partial charge is 0.497 e. The lowest BCUT2D eigenvalue weighted by atomic mass is 9.80. The molecule has 2 unspecified atom stereocenters. The summed E-state index contributed by atoms with van der Waals surface area (Å²) in [5.41, 5.74) is 2.92. The molecule has 1 fully saturated rings. The molecule has 8 aromatic rings. The molecule has 5 heterocycles. The number of nitrogens with one attached hydrogen (secondary N) is 1. The van der Waals surface area contributed by atoms with Crippen molar-refractivity contribution in [2.45, 2.75) is 117 Å². The van der Waals surface area contributed by atoms with E-state index in [-0.39, 0.29) is 62.9 Å². The molecule has 0 radical (unpaired) electrons. The van der Waals surface area contributed by atoms with E-state index in [1.54, 1.807) is 98.1 Å². The zero-order chi connectivity index (χ0) is 59.4. The van der Waals surface area contributed by atoms with Gasteiger partial charge in [-0.15, -0.1) is 5.10 Å². The molecule has 1 N–H and O–H groups in total. The molecule has 1 aliphatic rings. The van der Waals surface area contributed by atoms with Crippen LogP contribution in [-0.2, 0) is 64.7 Å². The molecule has 1 aliphatic heterocycles. The molecular weight excluding hydrogens is 1090 g/mol. The Kier molecular flexibility index (Phi) is 19.9. The number of ether oxygens (including phenoxy) is 6. The summed E-state index contributed by atoms with van der Waals surface area (Å²) in [6.07, 6.45) is 4.72. The molecule has 23 heteroatoms. The van der Waals surface area contributed by atoms with Gasteiger partial charge in [-0.2, -0.15) is 0 Å². The number of anilines is 1. The molecule has 9 rings (SSSR count). The third-order valence-electron chi connectivity index (χ3n) is 14.0. The zero-order valence-electron chi connectivity index (χ0n) is 48.6. The van der Waals surface area contributed by atoms with E-state index in [2.05, 4.69) is 62.8 Å². The van der Waals surface area contributed by atoms with Gasteiger partial charge in [0.15, 0.2) is 29.9 Å². The fraction of sp³-hybridized carbons (Fsp3) is 0.393. The summed E-state index contributed by atoms with van der Waals surface area (Å²) in [4.78, 5) is 48.1. The van der Waals surface area contributed by atoms with Gasteiger partial charge >= 0.3 is 5.97 Å². The molecule has 0 saturated carbocycles. The minimum Gasteiger partial charge on any atom is -0.497 e. The summed E-state index contributed by atoms with van der Waals surface area (Å²) < 4.78 is 60.3. The maximum absolute atomic E-state index is 13.6. The molecule has 0 bridgehead atoms. The molecule has 22 nitrogen and oxygen atoms in total. The Morgan fingerprint density at radius 1 is 0.833 bits per heavy atom. The van der Waals surface area contributed by atoms with Crippen molar-refractivity contribution in [3.8, 4) is 11.5 Å². The van der Waals surface area contributed by atoms with Gasteiger partial charge in [-0.05, 0) is 102 Å². The second-order valence-corrected chi connectivity index (χ2v) is 22.9. The van der Waals surface area contributed by atoms with E-state index in [1.807, 2.05) is 84.9 Å². The Morgan fingerprint density at radius 3 is 2.12 bits per heavy atom. The van der Waals surface area contributed by atoms with E-state index in [0.717, 1.165) is 22.4 Å². The van der Waals surface area contributed by atoms with Crippen LogP contribution in [0.5, 0.6) is 11.5 Å². The van der Waals surface area contributed by atoms with Crippen molar-refractivity contribution in [1.82, 2.24) is 48.7 Å². The van der Waals surface area contributed by atoms with Gasteiger partial charge < -0.3 is 52.2 Å². The fourth-order valence-electron chi connectivity index (χ4n) is 9.89. The monoisotopic (exact) mass is 1160 g/mol. The lowest BCUT2D eigenvalue weighted by Gasteiger charge is -2.39. The van der Waals surface area contributed by atoms with Gasteiger partial charge in [-0.3, -0.25) is 18.8 Å². The second-order valence-electron chi connectivity index (χ2n) is 21.5. The quantitative estimate of drug-likeness (QED) is 0.0166. The molecule has 440 valence electrons. The van der Waals surface area contributed by atoms with Crippen LogP contribution in [0, 0.1) is 12.0 Å². The highest BCUT2D eigenvalue weighted by molar-refractivity contribution is 7.44. The highest BCUT2D eigenvalue weighted by Crippen LogP contribution is 2.52. The van der Waals surface area contributed by atoms with Crippen LogP contribution >= 0.6 is 8.53 Å². The van der Waals surface area contributed by atoms with Crippen LogP contribution < -0.4 is 14.8 Å². The van der Waals surface area contributed by atoms with Crippen LogP contribution in [0.15, 0.2) is 141 Å². The highest BCUT2D eigenvalue weighted by Gasteiger charge is 2.52. The Balaban J connectivity index is 1.12. The molecule has 0 spiro atoms. The smallest absolute Gasteiger partial charge is 0.312 e. The summed E-state index contributed by atoms with van der Waals surface area (Å²) in [6, 6.07) is 34.2. The van der Waals surface area contributed by atoms with Gasteiger partial charge in [0.1, 0.15) is 54.0 Å². The van der Waals surface area contributed by atoms with Crippen LogP contribution in [-0.4, -0.2) is 125 Å². The van der Waals surface area contributed by atoms with Crippen molar-refractivity contribution in [3.05, 3.63) is 186 Å². The molecule has 4 aromatic carbocycles. The highest BCUT2D eigenvalue weighted by atomic mass is 31.2. The van der Waals surface area contributed by atoms with Crippen LogP contribution in [0.3, 0.4) is 0 Å². The van der Waals surface area contributed by atoms with Crippen molar-refractivity contribution in [1.29, 1.82) is 0 Å². The number of nitrogens with zero attached hydrogens (tertiary/aromatic N) is 11. The number of hydrogen-bond acceptors (Lipinski definition) is 17. The average Bonchev–Trinajstić information content (AvgIpc) is 1.98. The van der Waals surface area contributed by atoms with Gasteiger partial charge in [0.25, 0.3) is 14.4 Å². The average molecular weight is 1160 g/mol. The fourth-order valence-corrected chi connectivity index (χ4v) is 11.6. The first-order chi connectivity index (χ1) is 40.6. The van der Waals surface area contributed by atoms with E-state index >= 15 is 0 Å². The molecule has 84 heavy (non-hydrogen) atoms. The maximum atomic E-state index is 13.6. The van der Waals surface area contributed by atoms with Gasteiger partial charge in [0.2, 0.25) is 6.54 Å². The van der Waals surface area contributed by atoms with Crippen molar-refractivity contribution in [2.75, 3.05) is 39.3 Å². The van der Waals surface area contributed by atoms with E-state index in [9.17, 15) is 9.59 Å². The van der Waals surface area contributed by atoms with Crippen molar-refractivity contribution >= 4 is 37.4 Å². The van der Waals surface area contributed by atoms with Gasteiger partial charge in [0.05, 0.1) is 51.7 Å². The van der Waals surface area contributed by atoms with E-state index in [0.29, 0.717) is 46.9 Å². The van der Waals surface area contributed by atoms with Gasteiger partial charge in [0, 0.05) is 42.5 Å². The number of hydrogen-bond donors (Lipinski definition) is 1. The lowest BCUT2D eigenvalue weighted by Crippen LogP contribution is -2.43. The first-order valence-electron chi connectivity index (χ1n) is 27.7. The SMILES string of the molecule is [C-]#[N+]CCOP(OC1[C@@H](COC(c2ccccc2)(c2ccc(OC)cc2)c2ccc(OC)cc2)O[C@@H](n2cnc3c(NC(=O)c4ccccc4)ncnc32)[C@H]1OCc1cn(CCc2cncn2COC(=O)C(C)(C)C)nn1)N(C(C)C)C(C)C. The number of esters is 1. The number of aromatic nitrogens is 9. The number of methoxy groups -OCH3 is 2. The summed E-state index contributed by atoms with van der Waals surface area (Å²) in [5.74, 6) is 0.824. The first-order valence-corrected chi connectivity index (χ1v) is 28.8. The molecule has 1 amide bonds. The number of rotatable bonds is 27. The van der Waals surface area contributed by atoms with Crippen molar-refractivity contribution in [3.63, 3.8) is 0 Å². The number of benzene rings is 4. The van der Waals surface area contributed by atoms with Gasteiger partial charge in [-0.1, -0.05) is 78.0 Å². The number of aryl methyl sites for hydroxylation is 2. The van der Waals surface area contributed by atoms with Crippen LogP contribution in [0.25, 0.3) is 16.0 Å². The van der Waals surface area contributed by atoms with E-state index in [4.69, 9.17) is 54.0 Å². The standard InChI is InChI=1S/C61H71N12O10P/c1-41(2)73(42(3)4)84(81-32-30-62-8)83-53-51(36-80-61(44-19-15-12-16-20-44,45-21-25-49(76-9)26-22-45)46-23-27-50(77-10)28-24-46)82-58(72-39-66-52-55(64-37-65-56(52)72)67-57(74)43-17-13-11-14-18-43)54(53)78-35-47-34-71(69-68-47)31-29-48-33-63-38-70(48)40-79-59(75)60(5,6)7/h11-28,33-34,37-39,41-42,51,53-54,58H,29-32,35-36,40H2,1-7,9-10H3,(H,64,65,67,74)/t51-,53?,54+,58-,84?/m1/s1. The molecule has 1 saturated heterocycles. The maximum Gasteiger partial charge on any atom is 0.312 e. The van der Waals surface area contributed by atoms with Crippen LogP contribution in [0.4, 0.5) is 5.82 Å². The summed E-state index contributed by atoms with van der Waals surface area (Å²) in [7, 11) is 1.33. The normalized spacial score (nSPS) is 16.8. The van der Waals surface area contributed by atoms with Gasteiger partial charge in [-0.25, -0.2) is 31.2 Å². The third kappa shape index (κ3) is 14.0. The minimum atomic E-state index is -1.93. The molecule has 5 atom stereocenters. The zero-order valence-corrected chi connectivity index (χ0v) is 49.5. The predicted molar refractivity (Wildman–Crippen MR) is 313 cm³/mol. The Bertz CT molecular complexity index is 3400. The summed E-state index contributed by atoms with van der Waals surface area (Å²) in [5, 5.41) is 11.9. The number of amides is 1. The van der Waals surface area contributed by atoms with Crippen LogP contribution in [0.1, 0.15) is 93.1 Å². The topological polar surface area (TPSA) is 220 Å². The number of imidazole rings is 2.